The summed E-state index contributed by atoms with van der Waals surface area (Å²) in [5, 5.41) is 8.75. The van der Waals surface area contributed by atoms with Crippen molar-refractivity contribution in [3.8, 4) is 5.88 Å². The number of imidazole rings is 1. The predicted molar refractivity (Wildman–Crippen MR) is 38.5 cm³/mol. The van der Waals surface area contributed by atoms with Crippen molar-refractivity contribution in [2.24, 2.45) is 4.99 Å². The van der Waals surface area contributed by atoms with Crippen LogP contribution in [-0.2, 0) is 4.79 Å². The zero-order chi connectivity index (χ0) is 8.27. The highest BCUT2D eigenvalue weighted by Gasteiger charge is 1.93. The minimum absolute atomic E-state index is 0.0463. The normalized spacial score (nSPS) is 10.6. The lowest BCUT2D eigenvalue weighted by atomic mass is 10.6. The number of carbonyl (C=O) groups excluding carboxylic acids is 1. The predicted octanol–water partition coefficient (Wildman–Crippen LogP) is 0.0807. The van der Waals surface area contributed by atoms with E-state index in [4.69, 9.17) is 5.11 Å². The molecule has 1 aromatic heterocycles. The second kappa shape index (κ2) is 2.96. The number of aromatic amines is 1. The Labute approximate surface area is 62.8 Å². The molecular weight excluding hydrogens is 146 g/mol. The number of carbonyl (C=O) groups is 1. The van der Waals surface area contributed by atoms with Crippen LogP contribution in [0.3, 0.4) is 0 Å². The van der Waals surface area contributed by atoms with Gasteiger partial charge in [0.25, 0.3) is 0 Å². The molecule has 1 rings (SSSR count). The maximum atomic E-state index is 10.3. The number of hydrogen-bond donors (Lipinski definition) is 2. The molecule has 0 spiro atoms. The molecule has 0 aliphatic carbocycles. The molecule has 0 atom stereocenters. The Morgan fingerprint density at radius 1 is 1.91 bits per heavy atom. The molecule has 2 N–H and O–H groups in total. The summed E-state index contributed by atoms with van der Waals surface area (Å²) >= 11 is 0. The molecule has 1 amide bonds. The van der Waals surface area contributed by atoms with Crippen LogP contribution in [0.1, 0.15) is 12.7 Å². The van der Waals surface area contributed by atoms with E-state index in [1.165, 1.54) is 19.3 Å². The van der Waals surface area contributed by atoms with E-state index in [2.05, 4.69) is 15.0 Å². The standard InChI is InChI=1S/C6H7N3O2/c1-4(10)7-2-5-8-3-6(11)9-5/h2-3,11H,1H3,(H,8,9). The smallest absolute Gasteiger partial charge is 0.242 e. The summed E-state index contributed by atoms with van der Waals surface area (Å²) in [6, 6.07) is 0. The Morgan fingerprint density at radius 3 is 3.09 bits per heavy atom. The molecular formula is C6H7N3O2. The first kappa shape index (κ1) is 7.46. The molecule has 11 heavy (non-hydrogen) atoms. The zero-order valence-electron chi connectivity index (χ0n) is 5.90. The van der Waals surface area contributed by atoms with Crippen LogP contribution in [0.15, 0.2) is 11.2 Å². The lowest BCUT2D eigenvalue weighted by Gasteiger charge is -1.80. The molecule has 1 heterocycles. The highest BCUT2D eigenvalue weighted by Crippen LogP contribution is 1.99. The lowest BCUT2D eigenvalue weighted by Crippen LogP contribution is -1.88. The van der Waals surface area contributed by atoms with Crippen LogP contribution in [0.25, 0.3) is 0 Å². The van der Waals surface area contributed by atoms with Crippen molar-refractivity contribution < 1.29 is 9.90 Å². The minimum atomic E-state index is -0.305. The van der Waals surface area contributed by atoms with Gasteiger partial charge in [-0.05, 0) is 0 Å². The van der Waals surface area contributed by atoms with Crippen molar-refractivity contribution >= 4 is 12.1 Å². The number of aliphatic imine (C=N–C) groups is 1. The fourth-order valence-electron chi connectivity index (χ4n) is 0.544. The Kier molecular flexibility index (Phi) is 2.00. The quantitative estimate of drug-likeness (QED) is 0.561. The number of aromatic hydroxyl groups is 1. The van der Waals surface area contributed by atoms with Gasteiger partial charge in [0.05, 0.1) is 12.4 Å². The van der Waals surface area contributed by atoms with Crippen molar-refractivity contribution in [3.05, 3.63) is 12.0 Å². The van der Waals surface area contributed by atoms with E-state index in [1.54, 1.807) is 0 Å². The third-order valence-electron chi connectivity index (χ3n) is 0.951. The molecule has 0 saturated carbocycles. The van der Waals surface area contributed by atoms with Gasteiger partial charge in [-0.2, -0.15) is 0 Å². The van der Waals surface area contributed by atoms with E-state index < -0.39 is 0 Å². The summed E-state index contributed by atoms with van der Waals surface area (Å²) in [7, 11) is 0. The van der Waals surface area contributed by atoms with Gasteiger partial charge in [-0.15, -0.1) is 0 Å². The van der Waals surface area contributed by atoms with Gasteiger partial charge in [0.15, 0.2) is 5.82 Å². The van der Waals surface area contributed by atoms with Crippen molar-refractivity contribution in [1.82, 2.24) is 9.97 Å². The largest absolute Gasteiger partial charge is 0.493 e. The van der Waals surface area contributed by atoms with Crippen molar-refractivity contribution in [2.45, 2.75) is 6.92 Å². The van der Waals surface area contributed by atoms with Gasteiger partial charge in [0.2, 0.25) is 11.8 Å². The average Bonchev–Trinajstić information content (AvgIpc) is 2.31. The Balaban J connectivity index is 2.71. The molecule has 5 nitrogen and oxygen atoms in total. The summed E-state index contributed by atoms with van der Waals surface area (Å²) in [4.78, 5) is 19.9. The molecule has 0 saturated heterocycles. The average molecular weight is 153 g/mol. The zero-order valence-corrected chi connectivity index (χ0v) is 5.90. The number of nitrogens with zero attached hydrogens (tertiary/aromatic N) is 2. The van der Waals surface area contributed by atoms with Crippen LogP contribution in [-0.4, -0.2) is 27.2 Å². The van der Waals surface area contributed by atoms with Gasteiger partial charge in [-0.25, -0.2) is 9.98 Å². The van der Waals surface area contributed by atoms with Crippen LogP contribution < -0.4 is 0 Å². The first-order chi connectivity index (χ1) is 5.18. The SMILES string of the molecule is CC(=O)N=Cc1ncc(O)[nH]1. The summed E-state index contributed by atoms with van der Waals surface area (Å²) in [5.41, 5.74) is 0. The number of hydrogen-bond acceptors (Lipinski definition) is 3. The maximum absolute atomic E-state index is 10.3. The maximum Gasteiger partial charge on any atom is 0.242 e. The summed E-state index contributed by atoms with van der Waals surface area (Å²) in [6.07, 6.45) is 2.49. The third kappa shape index (κ3) is 2.21. The Hall–Kier alpha value is -1.65. The van der Waals surface area contributed by atoms with E-state index in [9.17, 15) is 4.79 Å². The third-order valence-corrected chi connectivity index (χ3v) is 0.951. The van der Waals surface area contributed by atoms with E-state index in [1.807, 2.05) is 0 Å². The monoisotopic (exact) mass is 153 g/mol. The highest BCUT2D eigenvalue weighted by molar-refractivity contribution is 5.88. The first-order valence-corrected chi connectivity index (χ1v) is 2.97. The number of amides is 1. The van der Waals surface area contributed by atoms with E-state index in [-0.39, 0.29) is 11.8 Å². The highest BCUT2D eigenvalue weighted by atomic mass is 16.3. The summed E-state index contributed by atoms with van der Waals surface area (Å²) in [5.74, 6) is 0.00796. The molecule has 0 radical (unpaired) electrons. The van der Waals surface area contributed by atoms with Crippen LogP contribution in [0.2, 0.25) is 0 Å². The fraction of sp³-hybridized carbons (Fsp3) is 0.167. The first-order valence-electron chi connectivity index (χ1n) is 2.97. The number of aromatic nitrogens is 2. The topological polar surface area (TPSA) is 78.3 Å². The molecule has 1 aromatic rings. The Morgan fingerprint density at radius 2 is 2.64 bits per heavy atom. The molecule has 0 unspecified atom stereocenters. The lowest BCUT2D eigenvalue weighted by molar-refractivity contribution is -0.115. The van der Waals surface area contributed by atoms with Gasteiger partial charge in [0.1, 0.15) is 0 Å². The molecule has 0 aliphatic heterocycles. The van der Waals surface area contributed by atoms with Gasteiger partial charge in [-0.1, -0.05) is 0 Å². The van der Waals surface area contributed by atoms with E-state index in [0.29, 0.717) is 5.82 Å². The van der Waals surface area contributed by atoms with Crippen molar-refractivity contribution in [3.63, 3.8) is 0 Å². The summed E-state index contributed by atoms with van der Waals surface area (Å²) < 4.78 is 0. The van der Waals surface area contributed by atoms with Crippen LogP contribution in [0.4, 0.5) is 0 Å². The molecule has 0 bridgehead atoms. The van der Waals surface area contributed by atoms with Gasteiger partial charge in [-0.3, -0.25) is 4.79 Å². The van der Waals surface area contributed by atoms with Gasteiger partial charge < -0.3 is 10.1 Å². The van der Waals surface area contributed by atoms with Gasteiger partial charge in [0, 0.05) is 6.92 Å². The molecule has 5 heteroatoms. The number of rotatable bonds is 1. The van der Waals surface area contributed by atoms with Crippen molar-refractivity contribution in [2.75, 3.05) is 0 Å². The minimum Gasteiger partial charge on any atom is -0.493 e. The van der Waals surface area contributed by atoms with Crippen LogP contribution in [0.5, 0.6) is 5.88 Å². The molecule has 0 fully saturated rings. The molecule has 0 aliphatic rings. The van der Waals surface area contributed by atoms with Crippen LogP contribution in [0, 0.1) is 0 Å². The van der Waals surface area contributed by atoms with Crippen molar-refractivity contribution in [1.29, 1.82) is 0 Å². The fourth-order valence-corrected chi connectivity index (χ4v) is 0.544. The molecule has 0 aromatic carbocycles. The van der Waals surface area contributed by atoms with E-state index in [0.717, 1.165) is 0 Å². The van der Waals surface area contributed by atoms with Gasteiger partial charge >= 0.3 is 0 Å². The van der Waals surface area contributed by atoms with Crippen LogP contribution >= 0.6 is 0 Å². The summed E-state index contributed by atoms with van der Waals surface area (Å²) in [6.45, 7) is 1.33. The number of H-pyrrole nitrogens is 1. The van der Waals surface area contributed by atoms with E-state index >= 15 is 0 Å². The Bertz CT molecular complexity index is 290. The second-order valence-corrected chi connectivity index (χ2v) is 1.93. The number of nitrogens with one attached hydrogen (secondary N) is 1. The molecule has 58 valence electrons. The second-order valence-electron chi connectivity index (χ2n) is 1.93.